The lowest BCUT2D eigenvalue weighted by molar-refractivity contribution is -0.137. The summed E-state index contributed by atoms with van der Waals surface area (Å²) in [7, 11) is 0. The number of aryl methyl sites for hydroxylation is 3. The first-order valence-electron chi connectivity index (χ1n) is 10.0. The fraction of sp³-hybridized carbons (Fsp3) is 0.478. The number of nitrogens with zero attached hydrogens (tertiary/aromatic N) is 2. The molecule has 0 spiro atoms. The first-order chi connectivity index (χ1) is 13.5. The third-order valence-corrected chi connectivity index (χ3v) is 4.85. The molecule has 0 bridgehead atoms. The largest absolute Gasteiger partial charge is 0.481 e. The van der Waals surface area contributed by atoms with E-state index in [1.54, 1.807) is 13.1 Å². The molecule has 150 valence electrons. The van der Waals surface area contributed by atoms with Crippen molar-refractivity contribution in [1.29, 1.82) is 0 Å². The third-order valence-electron chi connectivity index (χ3n) is 4.85. The van der Waals surface area contributed by atoms with Crippen molar-refractivity contribution in [3.63, 3.8) is 0 Å². The van der Waals surface area contributed by atoms with E-state index in [4.69, 9.17) is 5.11 Å². The highest BCUT2D eigenvalue weighted by molar-refractivity contribution is 5.95. The van der Waals surface area contributed by atoms with Gasteiger partial charge in [-0.2, -0.15) is 0 Å². The van der Waals surface area contributed by atoms with Gasteiger partial charge in [0.05, 0.1) is 0 Å². The first-order valence-corrected chi connectivity index (χ1v) is 10.0. The molecule has 1 N–H and O–H groups in total. The Labute approximate surface area is 167 Å². The van der Waals surface area contributed by atoms with Crippen molar-refractivity contribution < 1.29 is 14.7 Å². The van der Waals surface area contributed by atoms with Gasteiger partial charge in [-0.1, -0.05) is 49.6 Å². The molecule has 0 radical (unpaired) electrons. The molecule has 2 aromatic rings. The SMILES string of the molecule is Cc1cccc(CCCCCCc2cncnc2C(=O)C[C@H](C)CC(=O)O)c1. The summed E-state index contributed by atoms with van der Waals surface area (Å²) < 4.78 is 0. The van der Waals surface area contributed by atoms with Crippen molar-refractivity contribution in [3.05, 3.63) is 59.2 Å². The monoisotopic (exact) mass is 382 g/mol. The number of carbonyl (C=O) groups excluding carboxylic acids is 1. The average molecular weight is 383 g/mol. The van der Waals surface area contributed by atoms with E-state index in [9.17, 15) is 9.59 Å². The molecule has 28 heavy (non-hydrogen) atoms. The zero-order chi connectivity index (χ0) is 20.4. The number of hydrogen-bond donors (Lipinski definition) is 1. The molecule has 0 aliphatic rings. The van der Waals surface area contributed by atoms with Gasteiger partial charge in [0.25, 0.3) is 0 Å². The van der Waals surface area contributed by atoms with Crippen molar-refractivity contribution in [2.45, 2.75) is 65.2 Å². The van der Waals surface area contributed by atoms with E-state index in [1.807, 2.05) is 0 Å². The van der Waals surface area contributed by atoms with E-state index in [-0.39, 0.29) is 24.5 Å². The Balaban J connectivity index is 1.76. The van der Waals surface area contributed by atoms with Gasteiger partial charge in [0, 0.05) is 19.0 Å². The average Bonchev–Trinajstić information content (AvgIpc) is 2.64. The number of ketones is 1. The molecule has 1 aromatic carbocycles. The minimum Gasteiger partial charge on any atom is -0.481 e. The first kappa shape index (κ1) is 21.7. The summed E-state index contributed by atoms with van der Waals surface area (Å²) in [5.74, 6) is -1.17. The van der Waals surface area contributed by atoms with Gasteiger partial charge in [0.15, 0.2) is 5.78 Å². The van der Waals surface area contributed by atoms with Crippen LogP contribution in [-0.4, -0.2) is 26.8 Å². The Morgan fingerprint density at radius 1 is 1.07 bits per heavy atom. The normalized spacial score (nSPS) is 11.9. The quantitative estimate of drug-likeness (QED) is 0.421. The summed E-state index contributed by atoms with van der Waals surface area (Å²) >= 11 is 0. The minimum atomic E-state index is -0.881. The highest BCUT2D eigenvalue weighted by Crippen LogP contribution is 2.17. The molecule has 0 aliphatic carbocycles. The molecule has 0 saturated heterocycles. The number of benzene rings is 1. The van der Waals surface area contributed by atoms with E-state index in [1.165, 1.54) is 17.5 Å². The van der Waals surface area contributed by atoms with Gasteiger partial charge in [-0.15, -0.1) is 0 Å². The maximum atomic E-state index is 12.5. The van der Waals surface area contributed by atoms with Crippen LogP contribution in [0.15, 0.2) is 36.8 Å². The second-order valence-electron chi connectivity index (χ2n) is 7.63. The summed E-state index contributed by atoms with van der Waals surface area (Å²) in [5, 5.41) is 8.86. The van der Waals surface area contributed by atoms with E-state index in [0.717, 1.165) is 44.1 Å². The van der Waals surface area contributed by atoms with Gasteiger partial charge in [-0.25, -0.2) is 9.97 Å². The number of aliphatic carboxylic acids is 1. The molecular formula is C23H30N2O3. The standard InChI is InChI=1S/C23H30N2O3/c1-17-8-7-10-19(12-17)9-5-3-4-6-11-20-15-24-16-25-23(20)21(26)13-18(2)14-22(27)28/h7-8,10,12,15-16,18H,3-6,9,11,13-14H2,1-2H3,(H,27,28)/t18-/m0/s1. The summed E-state index contributed by atoms with van der Waals surface area (Å²) in [5.41, 5.74) is 4.01. The van der Waals surface area contributed by atoms with Gasteiger partial charge < -0.3 is 5.11 Å². The molecule has 5 nitrogen and oxygen atoms in total. The topological polar surface area (TPSA) is 80.2 Å². The van der Waals surface area contributed by atoms with E-state index < -0.39 is 5.97 Å². The predicted octanol–water partition coefficient (Wildman–Crippen LogP) is 4.81. The van der Waals surface area contributed by atoms with Crippen molar-refractivity contribution in [3.8, 4) is 0 Å². The number of unbranched alkanes of at least 4 members (excludes halogenated alkanes) is 3. The Kier molecular flexibility index (Phi) is 8.79. The minimum absolute atomic E-state index is 0.00685. The summed E-state index contributed by atoms with van der Waals surface area (Å²) in [6, 6.07) is 8.64. The molecular weight excluding hydrogens is 352 g/mol. The number of hydrogen-bond acceptors (Lipinski definition) is 4. The summed E-state index contributed by atoms with van der Waals surface area (Å²) in [6.07, 6.45) is 9.58. The van der Waals surface area contributed by atoms with Crippen LogP contribution < -0.4 is 0 Å². The Hall–Kier alpha value is -2.56. The van der Waals surface area contributed by atoms with Crippen LogP contribution in [0.1, 0.15) is 72.6 Å². The molecule has 2 rings (SSSR count). The van der Waals surface area contributed by atoms with Gasteiger partial charge in [0.1, 0.15) is 12.0 Å². The lowest BCUT2D eigenvalue weighted by Gasteiger charge is -2.10. The highest BCUT2D eigenvalue weighted by atomic mass is 16.4. The van der Waals surface area contributed by atoms with Crippen LogP contribution in [-0.2, 0) is 17.6 Å². The van der Waals surface area contributed by atoms with Crippen LogP contribution in [0, 0.1) is 12.8 Å². The maximum Gasteiger partial charge on any atom is 0.303 e. The number of carboxylic acids is 1. The fourth-order valence-corrected chi connectivity index (χ4v) is 3.44. The molecule has 1 atom stereocenters. The van der Waals surface area contributed by atoms with E-state index >= 15 is 0 Å². The summed E-state index contributed by atoms with van der Waals surface area (Å²) in [6.45, 7) is 3.90. The number of aromatic nitrogens is 2. The van der Waals surface area contributed by atoms with Gasteiger partial charge in [-0.3, -0.25) is 9.59 Å². The zero-order valence-corrected chi connectivity index (χ0v) is 16.9. The van der Waals surface area contributed by atoms with Crippen molar-refractivity contribution in [1.82, 2.24) is 9.97 Å². The number of carboxylic acid groups (broad SMARTS) is 1. The summed E-state index contributed by atoms with van der Waals surface area (Å²) in [4.78, 5) is 31.5. The Bertz CT molecular complexity index is 789. The van der Waals surface area contributed by atoms with Crippen LogP contribution in [0.3, 0.4) is 0 Å². The smallest absolute Gasteiger partial charge is 0.303 e. The van der Waals surface area contributed by atoms with Crippen molar-refractivity contribution in [2.75, 3.05) is 0 Å². The third kappa shape index (κ3) is 7.59. The number of carbonyl (C=O) groups is 2. The Morgan fingerprint density at radius 2 is 1.82 bits per heavy atom. The predicted molar refractivity (Wildman–Crippen MR) is 109 cm³/mol. The lowest BCUT2D eigenvalue weighted by atomic mass is 9.96. The molecule has 1 heterocycles. The van der Waals surface area contributed by atoms with Crippen LogP contribution in [0.2, 0.25) is 0 Å². The lowest BCUT2D eigenvalue weighted by Crippen LogP contribution is -2.13. The van der Waals surface area contributed by atoms with E-state index in [0.29, 0.717) is 5.69 Å². The molecule has 0 fully saturated rings. The van der Waals surface area contributed by atoms with Gasteiger partial charge >= 0.3 is 5.97 Å². The highest BCUT2D eigenvalue weighted by Gasteiger charge is 2.18. The molecule has 0 aliphatic heterocycles. The molecule has 0 amide bonds. The van der Waals surface area contributed by atoms with E-state index in [2.05, 4.69) is 41.2 Å². The zero-order valence-electron chi connectivity index (χ0n) is 16.9. The van der Waals surface area contributed by atoms with Crippen molar-refractivity contribution in [2.24, 2.45) is 5.92 Å². The second kappa shape index (κ2) is 11.3. The second-order valence-corrected chi connectivity index (χ2v) is 7.63. The van der Waals surface area contributed by atoms with Crippen LogP contribution >= 0.6 is 0 Å². The molecule has 1 aromatic heterocycles. The maximum absolute atomic E-state index is 12.5. The fourth-order valence-electron chi connectivity index (χ4n) is 3.44. The molecule has 5 heteroatoms. The van der Waals surface area contributed by atoms with Crippen molar-refractivity contribution >= 4 is 11.8 Å². The van der Waals surface area contributed by atoms with Crippen LogP contribution in [0.4, 0.5) is 0 Å². The molecule has 0 saturated carbocycles. The molecule has 0 unspecified atom stereocenters. The Morgan fingerprint density at radius 3 is 2.54 bits per heavy atom. The van der Waals surface area contributed by atoms with Crippen LogP contribution in [0.5, 0.6) is 0 Å². The van der Waals surface area contributed by atoms with Gasteiger partial charge in [0.2, 0.25) is 0 Å². The number of Topliss-reactive ketones (excluding diaryl/α,β-unsaturated/α-hetero) is 1. The van der Waals surface area contributed by atoms with Crippen LogP contribution in [0.25, 0.3) is 0 Å². The number of rotatable bonds is 12. The van der Waals surface area contributed by atoms with Gasteiger partial charge in [-0.05, 0) is 49.7 Å².